The van der Waals surface area contributed by atoms with Gasteiger partial charge in [0, 0.05) is 6.07 Å². The van der Waals surface area contributed by atoms with E-state index in [0.29, 0.717) is 11.6 Å². The van der Waals surface area contributed by atoms with Crippen molar-refractivity contribution in [2.24, 2.45) is 0 Å². The highest BCUT2D eigenvalue weighted by Gasteiger charge is 2.16. The van der Waals surface area contributed by atoms with Crippen LogP contribution in [0.3, 0.4) is 0 Å². The number of aromatic nitrogens is 1. The van der Waals surface area contributed by atoms with Gasteiger partial charge in [0.15, 0.2) is 11.5 Å². The molecule has 5 heteroatoms. The number of pyridine rings is 1. The molecule has 0 spiro atoms. The van der Waals surface area contributed by atoms with Crippen molar-refractivity contribution in [1.29, 1.82) is 0 Å². The van der Waals surface area contributed by atoms with Gasteiger partial charge in [-0.05, 0) is 41.8 Å². The molecule has 0 aliphatic carbocycles. The van der Waals surface area contributed by atoms with Gasteiger partial charge in [0.2, 0.25) is 12.4 Å². The number of ether oxygens (including phenoxy) is 2. The van der Waals surface area contributed by atoms with E-state index in [4.69, 9.17) is 15.2 Å². The Hall–Kier alpha value is -2.43. The van der Waals surface area contributed by atoms with Crippen molar-refractivity contribution in [3.63, 3.8) is 0 Å². The Morgan fingerprint density at radius 3 is 2.61 bits per heavy atom. The summed E-state index contributed by atoms with van der Waals surface area (Å²) < 4.78 is 10.6. The predicted octanol–water partition coefficient (Wildman–Crippen LogP) is 1.66. The van der Waals surface area contributed by atoms with Crippen LogP contribution < -0.4 is 20.8 Å². The molecule has 18 heavy (non-hydrogen) atoms. The zero-order valence-corrected chi connectivity index (χ0v) is 9.82. The monoisotopic (exact) mass is 244 g/mol. The Labute approximate surface area is 103 Å². The lowest BCUT2D eigenvalue weighted by Gasteiger charge is -2.08. The number of hydrogen-bond acceptors (Lipinski definition) is 4. The average Bonchev–Trinajstić information content (AvgIpc) is 2.73. The number of nitrogens with two attached hydrogens (primary N) is 1. The van der Waals surface area contributed by atoms with Crippen molar-refractivity contribution in [3.05, 3.63) is 40.2 Å². The fraction of sp³-hybridized carbons (Fsp3) is 0.154. The molecule has 1 aromatic carbocycles. The van der Waals surface area contributed by atoms with Crippen LogP contribution in [-0.2, 0) is 0 Å². The molecular formula is C13H12N2O3. The van der Waals surface area contributed by atoms with Crippen LogP contribution in [0.4, 0.5) is 5.82 Å². The lowest BCUT2D eigenvalue weighted by atomic mass is 10.0. The first-order valence-electron chi connectivity index (χ1n) is 5.54. The maximum Gasteiger partial charge on any atom is 0.250 e. The second-order valence-corrected chi connectivity index (χ2v) is 4.21. The van der Waals surface area contributed by atoms with E-state index >= 15 is 0 Å². The number of rotatable bonds is 1. The van der Waals surface area contributed by atoms with E-state index in [1.165, 1.54) is 6.07 Å². The van der Waals surface area contributed by atoms with E-state index in [9.17, 15) is 4.79 Å². The number of nitrogen functional groups attached to an aromatic ring is 1. The van der Waals surface area contributed by atoms with Crippen molar-refractivity contribution >= 4 is 5.82 Å². The number of hydrogen-bond donors (Lipinski definition) is 2. The van der Waals surface area contributed by atoms with Crippen LogP contribution in [0.2, 0.25) is 0 Å². The average molecular weight is 244 g/mol. The minimum Gasteiger partial charge on any atom is -0.454 e. The third-order valence-corrected chi connectivity index (χ3v) is 2.90. The predicted molar refractivity (Wildman–Crippen MR) is 67.8 cm³/mol. The summed E-state index contributed by atoms with van der Waals surface area (Å²) in [5.74, 6) is 1.76. The van der Waals surface area contributed by atoms with Crippen LogP contribution >= 0.6 is 0 Å². The second-order valence-electron chi connectivity index (χ2n) is 4.21. The van der Waals surface area contributed by atoms with E-state index in [0.717, 1.165) is 22.4 Å². The third kappa shape index (κ3) is 1.69. The smallest absolute Gasteiger partial charge is 0.250 e. The maximum atomic E-state index is 11.4. The lowest BCUT2D eigenvalue weighted by molar-refractivity contribution is 0.174. The highest BCUT2D eigenvalue weighted by Crippen LogP contribution is 2.38. The number of fused-ring (bicyclic) bond motifs is 1. The van der Waals surface area contributed by atoms with Gasteiger partial charge in [-0.25, -0.2) is 0 Å². The Balaban J connectivity index is 2.19. The van der Waals surface area contributed by atoms with E-state index in [1.54, 1.807) is 6.07 Å². The summed E-state index contributed by atoms with van der Waals surface area (Å²) in [6.07, 6.45) is 0. The Bertz CT molecular complexity index is 676. The van der Waals surface area contributed by atoms with E-state index in [-0.39, 0.29) is 12.4 Å². The molecule has 0 radical (unpaired) electrons. The molecule has 5 nitrogen and oxygen atoms in total. The summed E-state index contributed by atoms with van der Waals surface area (Å²) in [6, 6.07) is 7.01. The zero-order valence-electron chi connectivity index (χ0n) is 9.82. The first-order valence-corrected chi connectivity index (χ1v) is 5.54. The molecule has 0 amide bonds. The first-order chi connectivity index (χ1) is 8.63. The van der Waals surface area contributed by atoms with E-state index in [1.807, 2.05) is 19.1 Å². The fourth-order valence-electron chi connectivity index (χ4n) is 2.07. The quantitative estimate of drug-likeness (QED) is 0.799. The summed E-state index contributed by atoms with van der Waals surface area (Å²) >= 11 is 0. The standard InChI is InChI=1S/C13H12N2O3/c1-7-2-10-11(18-6-17-10)5-9(7)8-3-12(14)15-13(16)4-8/h2-5H,6H2,1H3,(H3,14,15,16). The van der Waals surface area contributed by atoms with Crippen molar-refractivity contribution in [1.82, 2.24) is 4.98 Å². The second kappa shape index (κ2) is 3.80. The minimum absolute atomic E-state index is 0.220. The molecule has 0 saturated heterocycles. The van der Waals surface area contributed by atoms with Crippen molar-refractivity contribution < 1.29 is 9.47 Å². The Morgan fingerprint density at radius 1 is 1.17 bits per heavy atom. The van der Waals surface area contributed by atoms with Gasteiger partial charge in [-0.15, -0.1) is 0 Å². The number of benzene rings is 1. The summed E-state index contributed by atoms with van der Waals surface area (Å²) in [5, 5.41) is 0. The highest BCUT2D eigenvalue weighted by molar-refractivity contribution is 5.72. The molecule has 0 fully saturated rings. The summed E-state index contributed by atoms with van der Waals surface area (Å²) in [7, 11) is 0. The molecule has 0 saturated carbocycles. The van der Waals surface area contributed by atoms with Gasteiger partial charge in [-0.3, -0.25) is 4.79 Å². The number of nitrogens with one attached hydrogen (secondary N) is 1. The topological polar surface area (TPSA) is 77.3 Å². The minimum atomic E-state index is -0.220. The summed E-state index contributed by atoms with van der Waals surface area (Å²) in [6.45, 7) is 2.18. The zero-order chi connectivity index (χ0) is 12.7. The molecular weight excluding hydrogens is 232 g/mol. The van der Waals surface area contributed by atoms with Gasteiger partial charge in [0.05, 0.1) is 0 Å². The van der Waals surface area contributed by atoms with Gasteiger partial charge >= 0.3 is 0 Å². The molecule has 2 heterocycles. The largest absolute Gasteiger partial charge is 0.454 e. The number of anilines is 1. The molecule has 92 valence electrons. The molecule has 2 aromatic rings. The summed E-state index contributed by atoms with van der Waals surface area (Å²) in [4.78, 5) is 14.0. The van der Waals surface area contributed by atoms with Gasteiger partial charge in [-0.2, -0.15) is 0 Å². The normalized spacial score (nSPS) is 12.7. The number of aromatic amines is 1. The van der Waals surface area contributed by atoms with Crippen LogP contribution in [-0.4, -0.2) is 11.8 Å². The Kier molecular flexibility index (Phi) is 2.26. The van der Waals surface area contributed by atoms with Crippen molar-refractivity contribution in [2.75, 3.05) is 12.5 Å². The molecule has 1 aromatic heterocycles. The Morgan fingerprint density at radius 2 is 1.89 bits per heavy atom. The first kappa shape index (κ1) is 10.7. The van der Waals surface area contributed by atoms with Crippen LogP contribution in [0, 0.1) is 6.92 Å². The van der Waals surface area contributed by atoms with Gasteiger partial charge < -0.3 is 20.2 Å². The van der Waals surface area contributed by atoms with E-state index in [2.05, 4.69) is 4.98 Å². The molecule has 0 bridgehead atoms. The van der Waals surface area contributed by atoms with Gasteiger partial charge in [0.1, 0.15) is 5.82 Å². The molecule has 3 N–H and O–H groups in total. The lowest BCUT2D eigenvalue weighted by Crippen LogP contribution is -2.07. The summed E-state index contributed by atoms with van der Waals surface area (Å²) in [5.41, 5.74) is 8.12. The van der Waals surface area contributed by atoms with Crippen molar-refractivity contribution in [2.45, 2.75) is 6.92 Å². The molecule has 1 aliphatic rings. The molecule has 1 aliphatic heterocycles. The fourth-order valence-corrected chi connectivity index (χ4v) is 2.07. The van der Waals surface area contributed by atoms with Gasteiger partial charge in [-0.1, -0.05) is 0 Å². The maximum absolute atomic E-state index is 11.4. The molecule has 0 unspecified atom stereocenters. The number of H-pyrrole nitrogens is 1. The van der Waals surface area contributed by atoms with Crippen molar-refractivity contribution in [3.8, 4) is 22.6 Å². The number of aryl methyl sites for hydroxylation is 1. The molecule has 3 rings (SSSR count). The molecule has 0 atom stereocenters. The third-order valence-electron chi connectivity index (χ3n) is 2.90. The van der Waals surface area contributed by atoms with Crippen LogP contribution in [0.1, 0.15) is 5.56 Å². The van der Waals surface area contributed by atoms with Crippen LogP contribution in [0.15, 0.2) is 29.1 Å². The van der Waals surface area contributed by atoms with Crippen LogP contribution in [0.25, 0.3) is 11.1 Å². The van der Waals surface area contributed by atoms with Crippen LogP contribution in [0.5, 0.6) is 11.5 Å². The highest BCUT2D eigenvalue weighted by atomic mass is 16.7. The van der Waals surface area contributed by atoms with Gasteiger partial charge in [0.25, 0.3) is 0 Å². The SMILES string of the molecule is Cc1cc2c(cc1-c1cc(N)[nH]c(=O)c1)OCO2. The van der Waals surface area contributed by atoms with E-state index < -0.39 is 0 Å².